The van der Waals surface area contributed by atoms with Crippen LogP contribution in [0.1, 0.15) is 49.9 Å². The van der Waals surface area contributed by atoms with E-state index in [1.54, 1.807) is 6.92 Å². The zero-order valence-electron chi connectivity index (χ0n) is 17.6. The predicted molar refractivity (Wildman–Crippen MR) is 111 cm³/mol. The number of hydrogen-bond donors (Lipinski definition) is 0. The number of anilines is 1. The normalized spacial score (nSPS) is 20.9. The third kappa shape index (κ3) is 2.57. The van der Waals surface area contributed by atoms with Crippen molar-refractivity contribution in [2.75, 3.05) is 18.6 Å². The SMILES string of the molecule is COc1cc(F)c2nc(N3CCC4(CC4)CC34CC4)c(-c3nc(C)no3)c(C)c2c1. The summed E-state index contributed by atoms with van der Waals surface area (Å²) in [6, 6.07) is 3.23. The van der Waals surface area contributed by atoms with Crippen LogP contribution in [0.4, 0.5) is 10.2 Å². The summed E-state index contributed by atoms with van der Waals surface area (Å²) in [5.74, 6) is 1.89. The number of aryl methyl sites for hydroxylation is 2. The molecule has 1 aromatic carbocycles. The van der Waals surface area contributed by atoms with Crippen LogP contribution in [-0.2, 0) is 0 Å². The molecule has 7 heteroatoms. The summed E-state index contributed by atoms with van der Waals surface area (Å²) in [4.78, 5) is 11.8. The molecule has 156 valence electrons. The van der Waals surface area contributed by atoms with Gasteiger partial charge in [-0.25, -0.2) is 9.37 Å². The number of pyridine rings is 1. The lowest BCUT2D eigenvalue weighted by atomic mass is 9.85. The second-order valence-electron chi connectivity index (χ2n) is 9.39. The average molecular weight is 408 g/mol. The van der Waals surface area contributed by atoms with Crippen LogP contribution in [0.3, 0.4) is 0 Å². The van der Waals surface area contributed by atoms with E-state index in [4.69, 9.17) is 14.2 Å². The van der Waals surface area contributed by atoms with Crippen LogP contribution in [0.2, 0.25) is 0 Å². The van der Waals surface area contributed by atoms with Gasteiger partial charge in [-0.2, -0.15) is 4.98 Å². The van der Waals surface area contributed by atoms with Gasteiger partial charge in [0, 0.05) is 23.5 Å². The number of halogens is 1. The summed E-state index contributed by atoms with van der Waals surface area (Å²) in [5.41, 5.74) is 2.76. The summed E-state index contributed by atoms with van der Waals surface area (Å²) < 4.78 is 25.9. The van der Waals surface area contributed by atoms with Crippen molar-refractivity contribution in [3.05, 3.63) is 29.3 Å². The second kappa shape index (κ2) is 5.93. The minimum Gasteiger partial charge on any atom is -0.497 e. The van der Waals surface area contributed by atoms with Crippen LogP contribution in [0, 0.1) is 25.1 Å². The van der Waals surface area contributed by atoms with Crippen molar-refractivity contribution in [3.63, 3.8) is 0 Å². The van der Waals surface area contributed by atoms with Crippen molar-refractivity contribution in [2.45, 2.75) is 57.9 Å². The summed E-state index contributed by atoms with van der Waals surface area (Å²) in [7, 11) is 1.54. The minimum atomic E-state index is -0.373. The fourth-order valence-electron chi connectivity index (χ4n) is 5.40. The van der Waals surface area contributed by atoms with E-state index in [0.717, 1.165) is 23.5 Å². The van der Waals surface area contributed by atoms with E-state index in [-0.39, 0.29) is 11.4 Å². The average Bonchev–Trinajstić information content (AvgIpc) is 3.62. The molecule has 3 aliphatic rings. The van der Waals surface area contributed by atoms with Crippen molar-refractivity contribution in [1.29, 1.82) is 0 Å². The third-order valence-corrected chi connectivity index (χ3v) is 7.42. The first-order valence-electron chi connectivity index (χ1n) is 10.7. The molecule has 6 nitrogen and oxygen atoms in total. The fraction of sp³-hybridized carbons (Fsp3) is 0.522. The van der Waals surface area contributed by atoms with Crippen molar-refractivity contribution < 1.29 is 13.7 Å². The molecule has 0 bridgehead atoms. The molecule has 0 atom stereocenters. The topological polar surface area (TPSA) is 64.3 Å². The van der Waals surface area contributed by atoms with Gasteiger partial charge in [-0.1, -0.05) is 5.16 Å². The van der Waals surface area contributed by atoms with Gasteiger partial charge in [0.25, 0.3) is 5.89 Å². The van der Waals surface area contributed by atoms with E-state index in [1.807, 2.05) is 13.0 Å². The van der Waals surface area contributed by atoms with E-state index in [0.29, 0.717) is 33.8 Å². The Balaban J connectivity index is 1.59. The van der Waals surface area contributed by atoms with Crippen molar-refractivity contribution >= 4 is 16.7 Å². The van der Waals surface area contributed by atoms with Gasteiger partial charge in [0.1, 0.15) is 17.1 Å². The molecule has 0 amide bonds. The van der Waals surface area contributed by atoms with Gasteiger partial charge >= 0.3 is 0 Å². The quantitative estimate of drug-likeness (QED) is 0.610. The molecule has 2 aromatic heterocycles. The monoisotopic (exact) mass is 408 g/mol. The lowest BCUT2D eigenvalue weighted by Crippen LogP contribution is -2.46. The minimum absolute atomic E-state index is 0.147. The molecule has 6 rings (SSSR count). The maximum absolute atomic E-state index is 15.0. The van der Waals surface area contributed by atoms with Crippen LogP contribution in [0.15, 0.2) is 16.7 Å². The molecule has 2 aliphatic carbocycles. The molecule has 0 radical (unpaired) electrons. The molecule has 1 aliphatic heterocycles. The Morgan fingerprint density at radius 1 is 1.10 bits per heavy atom. The maximum atomic E-state index is 15.0. The summed E-state index contributed by atoms with van der Waals surface area (Å²) in [6.45, 7) is 4.72. The zero-order chi connectivity index (χ0) is 20.7. The Morgan fingerprint density at radius 2 is 1.90 bits per heavy atom. The van der Waals surface area contributed by atoms with Gasteiger partial charge in [0.15, 0.2) is 11.6 Å². The first-order chi connectivity index (χ1) is 14.4. The van der Waals surface area contributed by atoms with E-state index >= 15 is 4.39 Å². The molecule has 3 heterocycles. The fourth-order valence-corrected chi connectivity index (χ4v) is 5.40. The molecule has 2 spiro atoms. The van der Waals surface area contributed by atoms with Crippen LogP contribution in [-0.4, -0.2) is 34.3 Å². The number of hydrogen-bond acceptors (Lipinski definition) is 6. The molecule has 2 saturated carbocycles. The highest BCUT2D eigenvalue weighted by atomic mass is 19.1. The summed E-state index contributed by atoms with van der Waals surface area (Å²) in [6.07, 6.45) is 7.41. The van der Waals surface area contributed by atoms with Crippen LogP contribution < -0.4 is 9.64 Å². The Hall–Kier alpha value is -2.70. The number of piperidine rings is 1. The highest BCUT2D eigenvalue weighted by Crippen LogP contribution is 2.64. The summed E-state index contributed by atoms with van der Waals surface area (Å²) >= 11 is 0. The van der Waals surface area contributed by atoms with E-state index in [1.165, 1.54) is 51.7 Å². The first kappa shape index (κ1) is 18.1. The van der Waals surface area contributed by atoms with Gasteiger partial charge in [-0.05, 0) is 69.4 Å². The molecular formula is C23H25FN4O2. The molecule has 0 N–H and O–H groups in total. The Kier molecular flexibility index (Phi) is 3.58. The number of methoxy groups -OCH3 is 1. The van der Waals surface area contributed by atoms with Crippen molar-refractivity contribution in [2.24, 2.45) is 5.41 Å². The highest BCUT2D eigenvalue weighted by Gasteiger charge is 2.60. The standard InChI is InChI=1S/C23H25FN4O2/c1-13-16-10-15(29-3)11-17(24)19(16)26-20(18(13)21-25-14(2)27-30-21)28-9-8-22(4-5-22)12-23(28)6-7-23/h10-11H,4-9,12H2,1-3H3. The summed E-state index contributed by atoms with van der Waals surface area (Å²) in [5, 5.41) is 4.72. The smallest absolute Gasteiger partial charge is 0.261 e. The van der Waals surface area contributed by atoms with Crippen molar-refractivity contribution in [3.8, 4) is 17.2 Å². The van der Waals surface area contributed by atoms with Gasteiger partial charge in [-0.3, -0.25) is 0 Å². The number of ether oxygens (including phenoxy) is 1. The largest absolute Gasteiger partial charge is 0.497 e. The van der Waals surface area contributed by atoms with Gasteiger partial charge < -0.3 is 14.2 Å². The zero-order valence-corrected chi connectivity index (χ0v) is 17.6. The van der Waals surface area contributed by atoms with Crippen LogP contribution >= 0.6 is 0 Å². The number of fused-ring (bicyclic) bond motifs is 1. The Morgan fingerprint density at radius 3 is 2.53 bits per heavy atom. The second-order valence-corrected chi connectivity index (χ2v) is 9.39. The molecule has 3 aromatic rings. The first-order valence-corrected chi connectivity index (χ1v) is 10.7. The molecule has 0 unspecified atom stereocenters. The van der Waals surface area contributed by atoms with E-state index in [9.17, 15) is 0 Å². The van der Waals surface area contributed by atoms with Gasteiger partial charge in [0.05, 0.1) is 12.7 Å². The molecule has 1 saturated heterocycles. The third-order valence-electron chi connectivity index (χ3n) is 7.42. The van der Waals surface area contributed by atoms with Crippen LogP contribution in [0.25, 0.3) is 22.4 Å². The Labute approximate surface area is 174 Å². The number of benzene rings is 1. The lowest BCUT2D eigenvalue weighted by Gasteiger charge is -2.42. The van der Waals surface area contributed by atoms with Crippen LogP contribution in [0.5, 0.6) is 5.75 Å². The number of nitrogens with zero attached hydrogens (tertiary/aromatic N) is 4. The molecular weight excluding hydrogens is 383 g/mol. The Bertz CT molecular complexity index is 1180. The predicted octanol–water partition coefficient (Wildman–Crippen LogP) is 4.96. The molecule has 3 fully saturated rings. The molecule has 30 heavy (non-hydrogen) atoms. The maximum Gasteiger partial charge on any atom is 0.261 e. The van der Waals surface area contributed by atoms with E-state index < -0.39 is 0 Å². The highest BCUT2D eigenvalue weighted by molar-refractivity contribution is 5.93. The van der Waals surface area contributed by atoms with Crippen molar-refractivity contribution in [1.82, 2.24) is 15.1 Å². The lowest BCUT2D eigenvalue weighted by molar-refractivity contribution is 0.306. The number of rotatable bonds is 3. The van der Waals surface area contributed by atoms with Gasteiger partial charge in [0.2, 0.25) is 0 Å². The van der Waals surface area contributed by atoms with Gasteiger partial charge in [-0.15, -0.1) is 0 Å². The number of aromatic nitrogens is 3. The van der Waals surface area contributed by atoms with E-state index in [2.05, 4.69) is 15.0 Å².